The van der Waals surface area contributed by atoms with Crippen LogP contribution in [0.4, 0.5) is 10.1 Å². The van der Waals surface area contributed by atoms with Gasteiger partial charge in [0, 0.05) is 5.69 Å². The number of rotatable bonds is 2. The van der Waals surface area contributed by atoms with Crippen LogP contribution in [-0.4, -0.2) is 11.5 Å². The first-order chi connectivity index (χ1) is 7.25. The second kappa shape index (κ2) is 4.88. The van der Waals surface area contributed by atoms with Crippen molar-refractivity contribution < 1.29 is 4.39 Å². The Morgan fingerprint density at radius 1 is 1.47 bits per heavy atom. The molecule has 1 fully saturated rings. The van der Waals surface area contributed by atoms with Crippen LogP contribution in [0.2, 0.25) is 0 Å². The fourth-order valence-corrected chi connectivity index (χ4v) is 3.19. The fraction of sp³-hybridized carbons (Fsp3) is 0.500. The highest BCUT2D eigenvalue weighted by molar-refractivity contribution is 7.99. The molecular weight excluding hydrogens is 209 g/mol. The van der Waals surface area contributed by atoms with Crippen LogP contribution >= 0.6 is 11.8 Å². The average molecular weight is 225 g/mol. The van der Waals surface area contributed by atoms with E-state index < -0.39 is 0 Å². The molecule has 1 saturated heterocycles. The zero-order valence-electron chi connectivity index (χ0n) is 8.71. The summed E-state index contributed by atoms with van der Waals surface area (Å²) in [4.78, 5) is 0. The summed E-state index contributed by atoms with van der Waals surface area (Å²) in [6.45, 7) is 0. The lowest BCUT2D eigenvalue weighted by Gasteiger charge is -2.21. The van der Waals surface area contributed by atoms with Crippen molar-refractivity contribution >= 4 is 17.4 Å². The molecule has 1 aromatic carbocycles. The molecule has 1 nitrogen and oxygen atoms in total. The standard InChI is InChI=1S/C12H16FNS/c13-11-4-3-10(12(14)7-11)6-9-2-1-5-15-8-9/h3-4,7,9H,1-2,5-6,8,14H2. The van der Waals surface area contributed by atoms with E-state index in [0.717, 1.165) is 17.9 Å². The van der Waals surface area contributed by atoms with Gasteiger partial charge in [0.05, 0.1) is 0 Å². The van der Waals surface area contributed by atoms with Gasteiger partial charge in [0.2, 0.25) is 0 Å². The molecule has 15 heavy (non-hydrogen) atoms. The van der Waals surface area contributed by atoms with Gasteiger partial charge in [0.1, 0.15) is 5.82 Å². The maximum absolute atomic E-state index is 12.8. The summed E-state index contributed by atoms with van der Waals surface area (Å²) >= 11 is 2.02. The third-order valence-corrected chi connectivity index (χ3v) is 4.16. The first kappa shape index (κ1) is 10.8. The fourth-order valence-electron chi connectivity index (χ4n) is 2.03. The summed E-state index contributed by atoms with van der Waals surface area (Å²) in [7, 11) is 0. The quantitative estimate of drug-likeness (QED) is 0.783. The molecule has 0 spiro atoms. The lowest BCUT2D eigenvalue weighted by atomic mass is 9.95. The van der Waals surface area contributed by atoms with Crippen LogP contribution in [-0.2, 0) is 6.42 Å². The summed E-state index contributed by atoms with van der Waals surface area (Å²) in [5.41, 5.74) is 7.49. The number of hydrogen-bond acceptors (Lipinski definition) is 2. The van der Waals surface area contributed by atoms with Crippen molar-refractivity contribution in [1.82, 2.24) is 0 Å². The summed E-state index contributed by atoms with van der Waals surface area (Å²) in [6.07, 6.45) is 3.58. The zero-order valence-corrected chi connectivity index (χ0v) is 9.52. The Balaban J connectivity index is 2.03. The molecule has 0 bridgehead atoms. The molecule has 1 aromatic rings. The molecule has 1 aliphatic rings. The summed E-state index contributed by atoms with van der Waals surface area (Å²) in [5.74, 6) is 2.98. The van der Waals surface area contributed by atoms with Crippen molar-refractivity contribution in [1.29, 1.82) is 0 Å². The van der Waals surface area contributed by atoms with Crippen LogP contribution in [0, 0.1) is 11.7 Å². The summed E-state index contributed by atoms with van der Waals surface area (Å²) < 4.78 is 12.8. The Morgan fingerprint density at radius 2 is 2.33 bits per heavy atom. The molecule has 0 amide bonds. The lowest BCUT2D eigenvalue weighted by Crippen LogP contribution is -2.14. The summed E-state index contributed by atoms with van der Waals surface area (Å²) in [5, 5.41) is 0. The number of nitrogens with two attached hydrogens (primary N) is 1. The van der Waals surface area contributed by atoms with Gasteiger partial charge in [-0.05, 0) is 54.4 Å². The van der Waals surface area contributed by atoms with Crippen LogP contribution in [0.5, 0.6) is 0 Å². The highest BCUT2D eigenvalue weighted by atomic mass is 32.2. The Bertz CT molecular complexity index is 334. The third-order valence-electron chi connectivity index (χ3n) is 2.87. The van der Waals surface area contributed by atoms with Crippen LogP contribution in [0.1, 0.15) is 18.4 Å². The van der Waals surface area contributed by atoms with Crippen molar-refractivity contribution in [2.24, 2.45) is 5.92 Å². The van der Waals surface area contributed by atoms with Gasteiger partial charge in [-0.3, -0.25) is 0 Å². The van der Waals surface area contributed by atoms with Gasteiger partial charge in [-0.1, -0.05) is 6.07 Å². The van der Waals surface area contributed by atoms with E-state index in [1.54, 1.807) is 0 Å². The first-order valence-electron chi connectivity index (χ1n) is 5.37. The van der Waals surface area contributed by atoms with Crippen molar-refractivity contribution in [3.8, 4) is 0 Å². The SMILES string of the molecule is Nc1cc(F)ccc1CC1CCCSC1. The van der Waals surface area contributed by atoms with E-state index in [1.807, 2.05) is 17.8 Å². The third kappa shape index (κ3) is 2.88. The minimum absolute atomic E-state index is 0.241. The molecule has 0 radical (unpaired) electrons. The van der Waals surface area contributed by atoms with E-state index in [9.17, 15) is 4.39 Å². The van der Waals surface area contributed by atoms with Gasteiger partial charge >= 0.3 is 0 Å². The average Bonchev–Trinajstić information content (AvgIpc) is 2.24. The highest BCUT2D eigenvalue weighted by Crippen LogP contribution is 2.27. The monoisotopic (exact) mass is 225 g/mol. The second-order valence-electron chi connectivity index (χ2n) is 4.13. The molecule has 0 saturated carbocycles. The van der Waals surface area contributed by atoms with Crippen molar-refractivity contribution in [2.75, 3.05) is 17.2 Å². The van der Waals surface area contributed by atoms with Crippen LogP contribution < -0.4 is 5.73 Å². The number of thioether (sulfide) groups is 1. The number of nitrogen functional groups attached to an aromatic ring is 1. The van der Waals surface area contributed by atoms with Crippen molar-refractivity contribution in [3.63, 3.8) is 0 Å². The van der Waals surface area contributed by atoms with Crippen molar-refractivity contribution in [3.05, 3.63) is 29.6 Å². The van der Waals surface area contributed by atoms with Crippen LogP contribution in [0.25, 0.3) is 0 Å². The van der Waals surface area contributed by atoms with E-state index in [4.69, 9.17) is 5.73 Å². The van der Waals surface area contributed by atoms with Gasteiger partial charge in [-0.15, -0.1) is 0 Å². The number of benzene rings is 1. The van der Waals surface area contributed by atoms with E-state index in [-0.39, 0.29) is 5.82 Å². The van der Waals surface area contributed by atoms with Gasteiger partial charge in [-0.2, -0.15) is 11.8 Å². The summed E-state index contributed by atoms with van der Waals surface area (Å²) in [6, 6.07) is 4.75. The van der Waals surface area contributed by atoms with E-state index >= 15 is 0 Å². The topological polar surface area (TPSA) is 26.0 Å². The van der Waals surface area contributed by atoms with Gasteiger partial charge < -0.3 is 5.73 Å². The smallest absolute Gasteiger partial charge is 0.125 e. The molecule has 1 unspecified atom stereocenters. The Morgan fingerprint density at radius 3 is 3.00 bits per heavy atom. The molecule has 3 heteroatoms. The molecule has 0 aliphatic carbocycles. The van der Waals surface area contributed by atoms with Gasteiger partial charge in [0.15, 0.2) is 0 Å². The maximum Gasteiger partial charge on any atom is 0.125 e. The zero-order chi connectivity index (χ0) is 10.7. The molecule has 82 valence electrons. The van der Waals surface area contributed by atoms with Gasteiger partial charge in [0.25, 0.3) is 0 Å². The molecule has 2 rings (SSSR count). The minimum Gasteiger partial charge on any atom is -0.398 e. The predicted molar refractivity (Wildman–Crippen MR) is 64.6 cm³/mol. The largest absolute Gasteiger partial charge is 0.398 e. The second-order valence-corrected chi connectivity index (χ2v) is 5.28. The lowest BCUT2D eigenvalue weighted by molar-refractivity contribution is 0.521. The van der Waals surface area contributed by atoms with E-state index in [1.165, 1.54) is 36.5 Å². The minimum atomic E-state index is -0.241. The van der Waals surface area contributed by atoms with E-state index in [0.29, 0.717) is 5.69 Å². The first-order valence-corrected chi connectivity index (χ1v) is 6.53. The number of halogens is 1. The number of anilines is 1. The maximum atomic E-state index is 12.8. The van der Waals surface area contributed by atoms with Gasteiger partial charge in [-0.25, -0.2) is 4.39 Å². The molecule has 2 N–H and O–H groups in total. The normalized spacial score (nSPS) is 21.5. The van der Waals surface area contributed by atoms with Crippen LogP contribution in [0.3, 0.4) is 0 Å². The highest BCUT2D eigenvalue weighted by Gasteiger charge is 2.15. The van der Waals surface area contributed by atoms with Crippen LogP contribution in [0.15, 0.2) is 18.2 Å². The number of hydrogen-bond donors (Lipinski definition) is 1. The molecular formula is C12H16FNS. The van der Waals surface area contributed by atoms with E-state index in [2.05, 4.69) is 0 Å². The predicted octanol–water partition coefficient (Wildman–Crippen LogP) is 3.09. The molecule has 1 aliphatic heterocycles. The molecule has 1 heterocycles. The molecule has 1 atom stereocenters. The van der Waals surface area contributed by atoms with Crippen molar-refractivity contribution in [2.45, 2.75) is 19.3 Å². The Hall–Kier alpha value is -0.700. The molecule has 0 aromatic heterocycles. The Labute approximate surface area is 94.2 Å². The Kier molecular flexibility index (Phi) is 3.52.